The smallest absolute Gasteiger partial charge is 0.127 e. The van der Waals surface area contributed by atoms with Crippen molar-refractivity contribution in [2.45, 2.75) is 57.6 Å². The van der Waals surface area contributed by atoms with Crippen molar-refractivity contribution >= 4 is 0 Å². The van der Waals surface area contributed by atoms with Gasteiger partial charge in [0.25, 0.3) is 0 Å². The fraction of sp³-hybridized carbons (Fsp3) is 0.647. The van der Waals surface area contributed by atoms with Gasteiger partial charge in [0.1, 0.15) is 17.2 Å². The molecule has 2 nitrogen and oxygen atoms in total. The van der Waals surface area contributed by atoms with Gasteiger partial charge in [-0.05, 0) is 44.2 Å². The Balaban J connectivity index is 1.94. The Morgan fingerprint density at radius 2 is 2.15 bits per heavy atom. The molecule has 1 heterocycles. The van der Waals surface area contributed by atoms with Gasteiger partial charge in [-0.3, -0.25) is 0 Å². The fourth-order valence-corrected chi connectivity index (χ4v) is 3.47. The summed E-state index contributed by atoms with van der Waals surface area (Å²) in [6.45, 7) is 5.36. The second-order valence-electron chi connectivity index (χ2n) is 6.19. The van der Waals surface area contributed by atoms with E-state index in [4.69, 9.17) is 4.74 Å². The monoisotopic (exact) mass is 277 g/mol. The van der Waals surface area contributed by atoms with Crippen LogP contribution in [0.5, 0.6) is 5.75 Å². The quantitative estimate of drug-likeness (QED) is 0.870. The molecular formula is C17H24FNO. The van der Waals surface area contributed by atoms with Gasteiger partial charge in [0.05, 0.1) is 0 Å². The van der Waals surface area contributed by atoms with E-state index in [9.17, 15) is 4.39 Å². The van der Waals surface area contributed by atoms with Crippen molar-refractivity contribution in [1.82, 2.24) is 5.32 Å². The van der Waals surface area contributed by atoms with Gasteiger partial charge in [0.15, 0.2) is 0 Å². The second-order valence-corrected chi connectivity index (χ2v) is 6.19. The third-order valence-corrected chi connectivity index (χ3v) is 4.77. The summed E-state index contributed by atoms with van der Waals surface area (Å²) in [5, 5.41) is 3.62. The van der Waals surface area contributed by atoms with E-state index in [2.05, 4.69) is 19.2 Å². The minimum Gasteiger partial charge on any atom is -0.486 e. The minimum atomic E-state index is -0.208. The van der Waals surface area contributed by atoms with Crippen LogP contribution < -0.4 is 10.1 Å². The average molecular weight is 277 g/mol. The molecule has 0 bridgehead atoms. The zero-order valence-electron chi connectivity index (χ0n) is 12.4. The Morgan fingerprint density at radius 3 is 2.80 bits per heavy atom. The van der Waals surface area contributed by atoms with Crippen LogP contribution in [0.25, 0.3) is 0 Å². The van der Waals surface area contributed by atoms with Crippen LogP contribution >= 0.6 is 0 Å². The summed E-state index contributed by atoms with van der Waals surface area (Å²) >= 11 is 0. The van der Waals surface area contributed by atoms with Gasteiger partial charge < -0.3 is 10.1 Å². The van der Waals surface area contributed by atoms with Crippen LogP contribution in [0.2, 0.25) is 0 Å². The number of fused-ring (bicyclic) bond motifs is 1. The highest BCUT2D eigenvalue weighted by atomic mass is 19.1. The van der Waals surface area contributed by atoms with Crippen molar-refractivity contribution in [3.63, 3.8) is 0 Å². The SMILES string of the molecule is CCCNC1CC(CC)(C2CC2)Oc2cc(F)ccc21. The van der Waals surface area contributed by atoms with Gasteiger partial charge in [0.2, 0.25) is 0 Å². The van der Waals surface area contributed by atoms with E-state index in [-0.39, 0.29) is 11.4 Å². The Hall–Kier alpha value is -1.09. The Morgan fingerprint density at radius 1 is 1.35 bits per heavy atom. The van der Waals surface area contributed by atoms with Gasteiger partial charge >= 0.3 is 0 Å². The summed E-state index contributed by atoms with van der Waals surface area (Å²) in [6, 6.07) is 5.27. The lowest BCUT2D eigenvalue weighted by Gasteiger charge is -2.42. The zero-order valence-corrected chi connectivity index (χ0v) is 12.4. The lowest BCUT2D eigenvalue weighted by atomic mass is 9.81. The summed E-state index contributed by atoms with van der Waals surface area (Å²) < 4.78 is 19.8. The molecule has 2 aliphatic rings. The molecule has 3 rings (SSSR count). The second kappa shape index (κ2) is 5.36. The predicted octanol–water partition coefficient (Wildman–Crippen LogP) is 4.21. The molecule has 1 aromatic rings. The molecule has 1 fully saturated rings. The van der Waals surface area contributed by atoms with Gasteiger partial charge in [-0.15, -0.1) is 0 Å². The normalized spacial score (nSPS) is 28.9. The van der Waals surface area contributed by atoms with E-state index in [1.54, 1.807) is 12.1 Å². The van der Waals surface area contributed by atoms with Crippen LogP contribution in [-0.2, 0) is 0 Å². The maximum absolute atomic E-state index is 13.5. The van der Waals surface area contributed by atoms with Crippen LogP contribution in [0.15, 0.2) is 18.2 Å². The molecule has 2 unspecified atom stereocenters. The Bertz CT molecular complexity index is 486. The standard InChI is InChI=1S/C17H24FNO/c1-3-9-19-15-11-17(4-2,12-5-6-12)20-16-10-13(18)7-8-14(15)16/h7-8,10,12,15,19H,3-6,9,11H2,1-2H3. The Labute approximate surface area is 120 Å². The first-order valence-electron chi connectivity index (χ1n) is 7.90. The molecule has 2 atom stereocenters. The molecule has 20 heavy (non-hydrogen) atoms. The number of hydrogen-bond donors (Lipinski definition) is 1. The number of halogens is 1. The van der Waals surface area contributed by atoms with Gasteiger partial charge in [-0.25, -0.2) is 4.39 Å². The number of rotatable bonds is 5. The summed E-state index contributed by atoms with van der Waals surface area (Å²) in [7, 11) is 0. The summed E-state index contributed by atoms with van der Waals surface area (Å²) in [5.41, 5.74) is 1.02. The molecule has 0 saturated heterocycles. The number of nitrogens with one attached hydrogen (secondary N) is 1. The van der Waals surface area contributed by atoms with Crippen LogP contribution in [0, 0.1) is 11.7 Å². The molecule has 0 aromatic heterocycles. The number of benzene rings is 1. The van der Waals surface area contributed by atoms with Gasteiger partial charge in [-0.2, -0.15) is 0 Å². The molecule has 0 amide bonds. The Kier molecular flexibility index (Phi) is 3.72. The lowest BCUT2D eigenvalue weighted by molar-refractivity contribution is 0.00542. The van der Waals surface area contributed by atoms with Crippen molar-refractivity contribution in [3.05, 3.63) is 29.6 Å². The largest absolute Gasteiger partial charge is 0.486 e. The molecule has 0 spiro atoms. The first-order valence-corrected chi connectivity index (χ1v) is 7.90. The molecule has 1 aliphatic carbocycles. The predicted molar refractivity (Wildman–Crippen MR) is 78.4 cm³/mol. The van der Waals surface area contributed by atoms with Crippen LogP contribution in [-0.4, -0.2) is 12.1 Å². The third-order valence-electron chi connectivity index (χ3n) is 4.77. The molecule has 3 heteroatoms. The molecular weight excluding hydrogens is 253 g/mol. The first-order chi connectivity index (χ1) is 9.68. The maximum Gasteiger partial charge on any atom is 0.127 e. The highest BCUT2D eigenvalue weighted by Crippen LogP contribution is 2.52. The number of ether oxygens (including phenoxy) is 1. The molecule has 1 N–H and O–H groups in total. The first kappa shape index (κ1) is 13.9. The molecule has 1 aromatic carbocycles. The average Bonchev–Trinajstić information content (AvgIpc) is 3.28. The molecule has 0 radical (unpaired) electrons. The summed E-state index contributed by atoms with van der Waals surface area (Å²) in [5.74, 6) is 1.19. The van der Waals surface area contributed by atoms with Crippen LogP contribution in [0.3, 0.4) is 0 Å². The molecule has 110 valence electrons. The lowest BCUT2D eigenvalue weighted by Crippen LogP contribution is -2.45. The minimum absolute atomic E-state index is 0.0911. The van der Waals surface area contributed by atoms with Crippen molar-refractivity contribution in [1.29, 1.82) is 0 Å². The van der Waals surface area contributed by atoms with E-state index in [0.29, 0.717) is 12.0 Å². The fourth-order valence-electron chi connectivity index (χ4n) is 3.47. The van der Waals surface area contributed by atoms with Gasteiger partial charge in [-0.1, -0.05) is 19.9 Å². The zero-order chi connectivity index (χ0) is 14.2. The van der Waals surface area contributed by atoms with Crippen LogP contribution in [0.1, 0.15) is 57.6 Å². The summed E-state index contributed by atoms with van der Waals surface area (Å²) in [4.78, 5) is 0. The topological polar surface area (TPSA) is 21.3 Å². The highest BCUT2D eigenvalue weighted by molar-refractivity contribution is 5.40. The van der Waals surface area contributed by atoms with E-state index in [1.807, 2.05) is 6.07 Å². The van der Waals surface area contributed by atoms with Crippen molar-refractivity contribution in [3.8, 4) is 5.75 Å². The van der Waals surface area contributed by atoms with Gasteiger partial charge in [0, 0.05) is 24.1 Å². The van der Waals surface area contributed by atoms with E-state index in [0.717, 1.165) is 37.1 Å². The van der Waals surface area contributed by atoms with Crippen molar-refractivity contribution in [2.24, 2.45) is 5.92 Å². The van der Waals surface area contributed by atoms with Crippen LogP contribution in [0.4, 0.5) is 4.39 Å². The third kappa shape index (κ3) is 2.44. The van der Waals surface area contributed by atoms with E-state index < -0.39 is 0 Å². The molecule has 1 aliphatic heterocycles. The van der Waals surface area contributed by atoms with E-state index >= 15 is 0 Å². The number of hydrogen-bond acceptors (Lipinski definition) is 2. The van der Waals surface area contributed by atoms with E-state index in [1.165, 1.54) is 12.8 Å². The maximum atomic E-state index is 13.5. The highest BCUT2D eigenvalue weighted by Gasteiger charge is 2.50. The molecule has 1 saturated carbocycles. The van der Waals surface area contributed by atoms with Crippen molar-refractivity contribution < 1.29 is 9.13 Å². The summed E-state index contributed by atoms with van der Waals surface area (Å²) in [6.07, 6.45) is 5.61. The van der Waals surface area contributed by atoms with Crippen molar-refractivity contribution in [2.75, 3.05) is 6.54 Å².